The molecule has 0 saturated carbocycles. The molecule has 0 aliphatic rings. The molecular weight excluding hydrogens is 252 g/mol. The van der Waals surface area contributed by atoms with E-state index in [9.17, 15) is 8.42 Å². The lowest BCUT2D eigenvalue weighted by atomic mass is 10.1. The maximum Gasteiger partial charge on any atom is 0.244 e. The largest absolute Gasteiger partial charge is 0.497 e. The van der Waals surface area contributed by atoms with E-state index in [1.54, 1.807) is 26.0 Å². The van der Waals surface area contributed by atoms with E-state index < -0.39 is 15.6 Å². The topological polar surface area (TPSA) is 70.4 Å². The highest BCUT2D eigenvalue weighted by atomic mass is 32.2. The van der Waals surface area contributed by atoms with Crippen LogP contribution in [0, 0.1) is 11.3 Å². The lowest BCUT2D eigenvalue weighted by Gasteiger charge is -2.28. The van der Waals surface area contributed by atoms with E-state index in [-0.39, 0.29) is 4.90 Å². The first kappa shape index (κ1) is 14.5. The SMILES string of the molecule is COc1ccc(S(=O)(=O)N(C)C(C)(C)C#N)cc1. The van der Waals surface area contributed by atoms with Crippen LogP contribution >= 0.6 is 0 Å². The fraction of sp³-hybridized carbons (Fsp3) is 0.417. The molecule has 0 radical (unpaired) electrons. The number of methoxy groups -OCH3 is 1. The van der Waals surface area contributed by atoms with Gasteiger partial charge in [0.1, 0.15) is 11.3 Å². The number of ether oxygens (including phenoxy) is 1. The molecule has 0 saturated heterocycles. The third-order valence-corrected chi connectivity index (χ3v) is 4.82. The van der Waals surface area contributed by atoms with Gasteiger partial charge in [0.2, 0.25) is 10.0 Å². The maximum absolute atomic E-state index is 12.3. The van der Waals surface area contributed by atoms with Crippen molar-refractivity contribution >= 4 is 10.0 Å². The maximum atomic E-state index is 12.3. The van der Waals surface area contributed by atoms with E-state index in [1.807, 2.05) is 6.07 Å². The van der Waals surface area contributed by atoms with Gasteiger partial charge < -0.3 is 4.74 Å². The fourth-order valence-corrected chi connectivity index (χ4v) is 2.71. The lowest BCUT2D eigenvalue weighted by molar-refractivity contribution is 0.337. The normalized spacial score (nSPS) is 12.2. The predicted molar refractivity (Wildman–Crippen MR) is 67.6 cm³/mol. The molecule has 0 amide bonds. The van der Waals surface area contributed by atoms with Crippen LogP contribution in [0.15, 0.2) is 29.2 Å². The van der Waals surface area contributed by atoms with Crippen LogP contribution in [0.5, 0.6) is 5.75 Å². The fourth-order valence-electron chi connectivity index (χ4n) is 1.28. The Hall–Kier alpha value is -1.58. The summed E-state index contributed by atoms with van der Waals surface area (Å²) in [5.74, 6) is 0.580. The Morgan fingerprint density at radius 2 is 1.78 bits per heavy atom. The summed E-state index contributed by atoms with van der Waals surface area (Å²) >= 11 is 0. The van der Waals surface area contributed by atoms with Gasteiger partial charge >= 0.3 is 0 Å². The minimum Gasteiger partial charge on any atom is -0.497 e. The molecule has 0 unspecified atom stereocenters. The van der Waals surface area contributed by atoms with E-state index in [0.717, 1.165) is 4.31 Å². The van der Waals surface area contributed by atoms with Crippen molar-refractivity contribution in [2.75, 3.05) is 14.2 Å². The van der Waals surface area contributed by atoms with Crippen LogP contribution in [0.4, 0.5) is 0 Å². The summed E-state index contributed by atoms with van der Waals surface area (Å²) in [5.41, 5.74) is -1.10. The van der Waals surface area contributed by atoms with Crippen LogP contribution in [-0.2, 0) is 10.0 Å². The number of hydrogen-bond acceptors (Lipinski definition) is 4. The summed E-state index contributed by atoms with van der Waals surface area (Å²) in [6.07, 6.45) is 0. The molecule has 0 aliphatic heterocycles. The standard InChI is InChI=1S/C12H16N2O3S/c1-12(2,9-13)14(3)18(15,16)11-7-5-10(17-4)6-8-11/h5-8H,1-4H3. The number of sulfonamides is 1. The van der Waals surface area contributed by atoms with Crippen LogP contribution in [-0.4, -0.2) is 32.4 Å². The minimum absolute atomic E-state index is 0.133. The van der Waals surface area contributed by atoms with Gasteiger partial charge in [-0.2, -0.15) is 9.57 Å². The van der Waals surface area contributed by atoms with Crippen molar-refractivity contribution in [2.45, 2.75) is 24.3 Å². The van der Waals surface area contributed by atoms with Crippen molar-refractivity contribution in [2.24, 2.45) is 0 Å². The summed E-state index contributed by atoms with van der Waals surface area (Å²) < 4.78 is 30.6. The molecule has 0 bridgehead atoms. The third-order valence-electron chi connectivity index (χ3n) is 2.78. The number of benzene rings is 1. The van der Waals surface area contributed by atoms with E-state index >= 15 is 0 Å². The van der Waals surface area contributed by atoms with Gasteiger partial charge in [0.15, 0.2) is 0 Å². The third kappa shape index (κ3) is 2.63. The van der Waals surface area contributed by atoms with Gasteiger partial charge in [0.05, 0.1) is 18.1 Å². The molecule has 1 aromatic rings. The van der Waals surface area contributed by atoms with Gasteiger partial charge in [-0.25, -0.2) is 8.42 Å². The highest BCUT2D eigenvalue weighted by molar-refractivity contribution is 7.89. The second-order valence-electron chi connectivity index (χ2n) is 4.32. The molecule has 98 valence electrons. The van der Waals surface area contributed by atoms with Crippen molar-refractivity contribution in [3.63, 3.8) is 0 Å². The van der Waals surface area contributed by atoms with E-state index in [0.29, 0.717) is 5.75 Å². The molecule has 18 heavy (non-hydrogen) atoms. The van der Waals surface area contributed by atoms with Crippen molar-refractivity contribution in [1.29, 1.82) is 5.26 Å². The van der Waals surface area contributed by atoms with Crippen LogP contribution in [0.25, 0.3) is 0 Å². The average molecular weight is 268 g/mol. The zero-order valence-electron chi connectivity index (χ0n) is 10.8. The molecule has 0 atom stereocenters. The Kier molecular flexibility index (Phi) is 3.99. The molecule has 0 aliphatic carbocycles. The molecule has 0 spiro atoms. The van der Waals surface area contributed by atoms with Gasteiger partial charge in [0.25, 0.3) is 0 Å². The van der Waals surface area contributed by atoms with Crippen molar-refractivity contribution in [1.82, 2.24) is 4.31 Å². The predicted octanol–water partition coefficient (Wildman–Crippen LogP) is 1.62. The molecule has 0 fully saturated rings. The Morgan fingerprint density at radius 3 is 2.17 bits per heavy atom. The van der Waals surface area contributed by atoms with Crippen LogP contribution < -0.4 is 4.74 Å². The first-order valence-corrected chi connectivity index (χ1v) is 6.74. The average Bonchev–Trinajstić information content (AvgIpc) is 2.37. The summed E-state index contributed by atoms with van der Waals surface area (Å²) in [6, 6.07) is 8.01. The molecule has 0 heterocycles. The van der Waals surface area contributed by atoms with Crippen LogP contribution in [0.2, 0.25) is 0 Å². The summed E-state index contributed by atoms with van der Waals surface area (Å²) in [7, 11) is -0.778. The zero-order chi connectivity index (χ0) is 14.0. The second kappa shape index (κ2) is 4.96. The van der Waals surface area contributed by atoms with Crippen LogP contribution in [0.3, 0.4) is 0 Å². The van der Waals surface area contributed by atoms with Gasteiger partial charge in [0, 0.05) is 7.05 Å². The van der Waals surface area contributed by atoms with E-state index in [2.05, 4.69) is 0 Å². The number of nitriles is 1. The number of rotatable bonds is 4. The molecular formula is C12H16N2O3S. The minimum atomic E-state index is -3.68. The summed E-state index contributed by atoms with van der Waals surface area (Å²) in [4.78, 5) is 0.133. The van der Waals surface area contributed by atoms with E-state index in [1.165, 1.54) is 26.3 Å². The van der Waals surface area contributed by atoms with Gasteiger partial charge in [-0.15, -0.1) is 0 Å². The van der Waals surface area contributed by atoms with Gasteiger partial charge in [-0.3, -0.25) is 0 Å². The molecule has 6 heteroatoms. The quantitative estimate of drug-likeness (QED) is 0.832. The Balaban J connectivity index is 3.18. The summed E-state index contributed by atoms with van der Waals surface area (Å²) in [5, 5.41) is 8.98. The lowest BCUT2D eigenvalue weighted by Crippen LogP contribution is -2.43. The van der Waals surface area contributed by atoms with Gasteiger partial charge in [-0.05, 0) is 38.1 Å². The monoisotopic (exact) mass is 268 g/mol. The Labute approximate surface area is 108 Å². The molecule has 1 aromatic carbocycles. The first-order valence-electron chi connectivity index (χ1n) is 5.30. The number of hydrogen-bond donors (Lipinski definition) is 0. The smallest absolute Gasteiger partial charge is 0.244 e. The first-order chi connectivity index (χ1) is 8.25. The molecule has 0 aromatic heterocycles. The number of nitrogens with zero attached hydrogens (tertiary/aromatic N) is 2. The molecule has 0 N–H and O–H groups in total. The molecule has 5 nitrogen and oxygen atoms in total. The second-order valence-corrected chi connectivity index (χ2v) is 6.29. The van der Waals surface area contributed by atoms with E-state index in [4.69, 9.17) is 10.00 Å². The highest BCUT2D eigenvalue weighted by Gasteiger charge is 2.33. The summed E-state index contributed by atoms with van der Waals surface area (Å²) in [6.45, 7) is 3.10. The van der Waals surface area contributed by atoms with Crippen molar-refractivity contribution in [3.8, 4) is 11.8 Å². The highest BCUT2D eigenvalue weighted by Crippen LogP contribution is 2.23. The Bertz CT molecular complexity index is 556. The van der Waals surface area contributed by atoms with Crippen LogP contribution in [0.1, 0.15) is 13.8 Å². The van der Waals surface area contributed by atoms with Crippen molar-refractivity contribution in [3.05, 3.63) is 24.3 Å². The van der Waals surface area contributed by atoms with Crippen molar-refractivity contribution < 1.29 is 13.2 Å². The van der Waals surface area contributed by atoms with Gasteiger partial charge in [-0.1, -0.05) is 0 Å². The molecule has 1 rings (SSSR count). The Morgan fingerprint density at radius 1 is 1.28 bits per heavy atom. The zero-order valence-corrected chi connectivity index (χ0v) is 11.7.